The molecule has 0 fully saturated rings. The van der Waals surface area contributed by atoms with E-state index in [0.29, 0.717) is 5.56 Å². The fraction of sp³-hybridized carbons (Fsp3) is 0.267. The summed E-state index contributed by atoms with van der Waals surface area (Å²) in [4.78, 5) is 39.4. The third-order valence-electron chi connectivity index (χ3n) is 2.88. The molecule has 1 heterocycles. The van der Waals surface area contributed by atoms with Gasteiger partial charge in [0.1, 0.15) is 4.99 Å². The zero-order valence-corrected chi connectivity index (χ0v) is 13.9. The van der Waals surface area contributed by atoms with Crippen LogP contribution in [-0.2, 0) is 14.3 Å². The van der Waals surface area contributed by atoms with Crippen LogP contribution in [0.15, 0.2) is 35.3 Å². The number of amides is 2. The predicted octanol–water partition coefficient (Wildman–Crippen LogP) is 1.60. The second-order valence-electron chi connectivity index (χ2n) is 4.50. The number of ether oxygens (including phenoxy) is 1. The third kappa shape index (κ3) is 4.46. The van der Waals surface area contributed by atoms with E-state index in [-0.39, 0.29) is 28.3 Å². The van der Waals surface area contributed by atoms with Gasteiger partial charge < -0.3 is 10.1 Å². The molecule has 2 rings (SSSR count). The van der Waals surface area contributed by atoms with Gasteiger partial charge >= 0.3 is 5.97 Å². The number of nitrogens with one attached hydrogen (secondary N) is 1. The summed E-state index contributed by atoms with van der Waals surface area (Å²) in [6.45, 7) is 1.83. The van der Waals surface area contributed by atoms with Crippen molar-refractivity contribution in [3.63, 3.8) is 0 Å². The number of aliphatic imine (C=N–C) groups is 1. The normalized spacial score (nSPS) is 14.8. The van der Waals surface area contributed by atoms with Gasteiger partial charge in [-0.05, 0) is 19.1 Å². The maximum atomic E-state index is 12.2. The van der Waals surface area contributed by atoms with Gasteiger partial charge in [-0.2, -0.15) is 0 Å². The summed E-state index contributed by atoms with van der Waals surface area (Å²) in [6.07, 6.45) is 0. The SMILES string of the molecule is CCOC(=O)C(C(=S)NC(=O)c1ccccc1)C1=NC(=O)CS1. The number of carbonyl (C=O) groups excluding carboxylic acids is 3. The molecule has 0 aromatic heterocycles. The average Bonchev–Trinajstić information content (AvgIpc) is 2.94. The van der Waals surface area contributed by atoms with Gasteiger partial charge in [-0.1, -0.05) is 42.2 Å². The first-order chi connectivity index (χ1) is 11.0. The fourth-order valence-corrected chi connectivity index (χ4v) is 3.12. The van der Waals surface area contributed by atoms with Crippen molar-refractivity contribution in [2.75, 3.05) is 12.4 Å². The van der Waals surface area contributed by atoms with Gasteiger partial charge in [0.15, 0.2) is 5.92 Å². The molecule has 120 valence electrons. The van der Waals surface area contributed by atoms with Crippen molar-refractivity contribution in [1.29, 1.82) is 0 Å². The predicted molar refractivity (Wildman–Crippen MR) is 91.5 cm³/mol. The molecule has 0 saturated carbocycles. The molecule has 6 nitrogen and oxygen atoms in total. The average molecular weight is 350 g/mol. The molecule has 0 bridgehead atoms. The molecule has 1 N–H and O–H groups in total. The van der Waals surface area contributed by atoms with Crippen LogP contribution in [-0.4, -0.2) is 40.2 Å². The van der Waals surface area contributed by atoms with E-state index in [9.17, 15) is 14.4 Å². The Labute approximate surface area is 142 Å². The summed E-state index contributed by atoms with van der Waals surface area (Å²) in [5.41, 5.74) is 0.412. The number of rotatable bonds is 5. The van der Waals surface area contributed by atoms with Crippen molar-refractivity contribution >= 4 is 51.8 Å². The summed E-state index contributed by atoms with van der Waals surface area (Å²) < 4.78 is 4.98. The van der Waals surface area contributed by atoms with Crippen molar-refractivity contribution in [1.82, 2.24) is 5.32 Å². The monoisotopic (exact) mass is 350 g/mol. The molecule has 23 heavy (non-hydrogen) atoms. The quantitative estimate of drug-likeness (QED) is 0.641. The van der Waals surface area contributed by atoms with Crippen LogP contribution in [0, 0.1) is 5.92 Å². The Morgan fingerprint density at radius 3 is 2.65 bits per heavy atom. The third-order valence-corrected chi connectivity index (χ3v) is 4.23. The number of thiocarbonyl (C=S) groups is 1. The van der Waals surface area contributed by atoms with Gasteiger partial charge in [0.2, 0.25) is 0 Å². The first-order valence-corrected chi connectivity index (χ1v) is 8.23. The Bertz CT molecular complexity index is 673. The van der Waals surface area contributed by atoms with Gasteiger partial charge in [0.25, 0.3) is 11.8 Å². The second kappa shape index (κ2) is 7.98. The number of hydrogen-bond donors (Lipinski definition) is 1. The minimum Gasteiger partial charge on any atom is -0.465 e. The van der Waals surface area contributed by atoms with Crippen LogP contribution in [0.3, 0.4) is 0 Å². The Hall–Kier alpha value is -2.06. The lowest BCUT2D eigenvalue weighted by molar-refractivity contribution is -0.143. The lowest BCUT2D eigenvalue weighted by Crippen LogP contribution is -2.41. The highest BCUT2D eigenvalue weighted by Crippen LogP contribution is 2.22. The molecule has 0 aliphatic carbocycles. The van der Waals surface area contributed by atoms with E-state index in [4.69, 9.17) is 17.0 Å². The molecular weight excluding hydrogens is 336 g/mol. The number of thioether (sulfide) groups is 1. The van der Waals surface area contributed by atoms with Crippen molar-refractivity contribution < 1.29 is 19.1 Å². The lowest BCUT2D eigenvalue weighted by Gasteiger charge is -2.16. The van der Waals surface area contributed by atoms with E-state index in [1.165, 1.54) is 0 Å². The molecule has 1 aromatic carbocycles. The Morgan fingerprint density at radius 1 is 1.39 bits per heavy atom. The summed E-state index contributed by atoms with van der Waals surface area (Å²) in [5.74, 6) is -2.29. The summed E-state index contributed by atoms with van der Waals surface area (Å²) >= 11 is 6.30. The van der Waals surface area contributed by atoms with Crippen molar-refractivity contribution in [2.24, 2.45) is 10.9 Å². The maximum absolute atomic E-state index is 12.2. The summed E-state index contributed by atoms with van der Waals surface area (Å²) in [5, 5.41) is 2.77. The number of benzene rings is 1. The first kappa shape index (κ1) is 17.3. The molecule has 0 spiro atoms. The summed E-state index contributed by atoms with van der Waals surface area (Å²) in [7, 11) is 0. The minimum atomic E-state index is -1.05. The highest BCUT2D eigenvalue weighted by molar-refractivity contribution is 8.15. The zero-order chi connectivity index (χ0) is 16.8. The number of carbonyl (C=O) groups is 3. The van der Waals surface area contributed by atoms with Crippen LogP contribution in [0.5, 0.6) is 0 Å². The number of nitrogens with zero attached hydrogens (tertiary/aromatic N) is 1. The molecule has 2 amide bonds. The highest BCUT2D eigenvalue weighted by Gasteiger charge is 2.35. The highest BCUT2D eigenvalue weighted by atomic mass is 32.2. The molecule has 8 heteroatoms. The van der Waals surface area contributed by atoms with E-state index < -0.39 is 17.8 Å². The van der Waals surface area contributed by atoms with Gasteiger partial charge in [-0.15, -0.1) is 0 Å². The number of esters is 1. The van der Waals surface area contributed by atoms with Gasteiger partial charge in [-0.3, -0.25) is 14.4 Å². The maximum Gasteiger partial charge on any atom is 0.322 e. The Morgan fingerprint density at radius 2 is 2.09 bits per heavy atom. The standard InChI is InChI=1S/C15H14N2O4S2/c1-2-21-15(20)11(14-16-10(18)8-23-14)13(22)17-12(19)9-6-4-3-5-7-9/h3-7,11H,2,8H2,1H3,(H,17,19,22). The Balaban J connectivity index is 2.16. The van der Waals surface area contributed by atoms with E-state index in [1.54, 1.807) is 37.3 Å². The molecule has 0 saturated heterocycles. The molecule has 1 aliphatic rings. The van der Waals surface area contributed by atoms with Crippen molar-refractivity contribution in [2.45, 2.75) is 6.92 Å². The molecular formula is C15H14N2O4S2. The lowest BCUT2D eigenvalue weighted by atomic mass is 10.1. The van der Waals surface area contributed by atoms with Crippen LogP contribution in [0.4, 0.5) is 0 Å². The van der Waals surface area contributed by atoms with Crippen LogP contribution in [0.1, 0.15) is 17.3 Å². The smallest absolute Gasteiger partial charge is 0.322 e. The molecule has 1 aromatic rings. The number of hydrogen-bond acceptors (Lipinski definition) is 6. The molecule has 1 aliphatic heterocycles. The fourth-order valence-electron chi connectivity index (χ4n) is 1.86. The minimum absolute atomic E-state index is 0.0294. The topological polar surface area (TPSA) is 84.8 Å². The van der Waals surface area contributed by atoms with Crippen LogP contribution < -0.4 is 5.32 Å². The van der Waals surface area contributed by atoms with Gasteiger partial charge in [0, 0.05) is 5.56 Å². The largest absolute Gasteiger partial charge is 0.465 e. The van der Waals surface area contributed by atoms with E-state index in [1.807, 2.05) is 0 Å². The van der Waals surface area contributed by atoms with E-state index in [2.05, 4.69) is 10.3 Å². The first-order valence-electron chi connectivity index (χ1n) is 6.84. The van der Waals surface area contributed by atoms with Crippen molar-refractivity contribution in [3.8, 4) is 0 Å². The molecule has 1 unspecified atom stereocenters. The van der Waals surface area contributed by atoms with E-state index in [0.717, 1.165) is 11.8 Å². The van der Waals surface area contributed by atoms with Crippen LogP contribution >= 0.6 is 24.0 Å². The van der Waals surface area contributed by atoms with Crippen LogP contribution in [0.25, 0.3) is 0 Å². The molecule has 0 radical (unpaired) electrons. The summed E-state index contributed by atoms with van der Waals surface area (Å²) in [6, 6.07) is 8.48. The van der Waals surface area contributed by atoms with Gasteiger partial charge in [-0.25, -0.2) is 4.99 Å². The van der Waals surface area contributed by atoms with Gasteiger partial charge in [0.05, 0.1) is 17.4 Å². The van der Waals surface area contributed by atoms with E-state index >= 15 is 0 Å². The molecule has 1 atom stereocenters. The zero-order valence-electron chi connectivity index (χ0n) is 12.3. The van der Waals surface area contributed by atoms with Crippen LogP contribution in [0.2, 0.25) is 0 Å². The van der Waals surface area contributed by atoms with Crippen molar-refractivity contribution in [3.05, 3.63) is 35.9 Å². The second-order valence-corrected chi connectivity index (χ2v) is 5.94. The Kier molecular flexibility index (Phi) is 6.00.